The molecular formula is C10H9F2NO. The third-order valence-corrected chi connectivity index (χ3v) is 2.53. The van der Waals surface area contributed by atoms with Crippen LogP contribution in [0, 0.1) is 11.6 Å². The molecule has 1 amide bonds. The van der Waals surface area contributed by atoms with Crippen LogP contribution in [0.15, 0.2) is 12.1 Å². The Morgan fingerprint density at radius 2 is 1.93 bits per heavy atom. The Balaban J connectivity index is 2.71. The van der Waals surface area contributed by atoms with Gasteiger partial charge in [0.25, 0.3) is 0 Å². The van der Waals surface area contributed by atoms with Crippen LogP contribution in [-0.2, 0) is 10.2 Å². The molecule has 0 spiro atoms. The molecule has 0 atom stereocenters. The van der Waals surface area contributed by atoms with Crippen LogP contribution in [-0.4, -0.2) is 5.91 Å². The molecule has 1 aliphatic rings. The van der Waals surface area contributed by atoms with Crippen molar-refractivity contribution in [2.24, 2.45) is 0 Å². The number of anilines is 1. The van der Waals surface area contributed by atoms with Crippen LogP contribution in [0.3, 0.4) is 0 Å². The predicted octanol–water partition coefficient (Wildman–Crippen LogP) is 2.19. The molecule has 0 fully saturated rings. The van der Waals surface area contributed by atoms with E-state index in [0.29, 0.717) is 5.56 Å². The lowest BCUT2D eigenvalue weighted by Crippen LogP contribution is -2.26. The monoisotopic (exact) mass is 197 g/mol. The van der Waals surface area contributed by atoms with Gasteiger partial charge in [0, 0.05) is 6.07 Å². The summed E-state index contributed by atoms with van der Waals surface area (Å²) in [5.41, 5.74) is -0.389. The van der Waals surface area contributed by atoms with E-state index >= 15 is 0 Å². The first kappa shape index (κ1) is 9.12. The smallest absolute Gasteiger partial charge is 0.234 e. The molecule has 0 unspecified atom stereocenters. The third-order valence-electron chi connectivity index (χ3n) is 2.53. The van der Waals surface area contributed by atoms with E-state index < -0.39 is 17.0 Å². The lowest BCUT2D eigenvalue weighted by molar-refractivity contribution is -0.119. The molecule has 1 aromatic carbocycles. The second-order valence-corrected chi connectivity index (χ2v) is 3.89. The largest absolute Gasteiger partial charge is 0.323 e. The fraction of sp³-hybridized carbons (Fsp3) is 0.300. The Morgan fingerprint density at radius 1 is 1.29 bits per heavy atom. The number of hydrogen-bond acceptors (Lipinski definition) is 1. The number of hydrogen-bond donors (Lipinski definition) is 1. The Labute approximate surface area is 79.9 Å². The zero-order valence-electron chi connectivity index (χ0n) is 7.82. The lowest BCUT2D eigenvalue weighted by Gasteiger charge is -2.14. The fourth-order valence-electron chi connectivity index (χ4n) is 1.59. The van der Waals surface area contributed by atoms with Crippen LogP contribution in [0.25, 0.3) is 0 Å². The summed E-state index contributed by atoms with van der Waals surface area (Å²) < 4.78 is 26.1. The minimum atomic E-state index is -0.863. The summed E-state index contributed by atoms with van der Waals surface area (Å²) in [4.78, 5) is 11.4. The number of carbonyl (C=O) groups is 1. The van der Waals surface area contributed by atoms with Crippen molar-refractivity contribution in [1.82, 2.24) is 0 Å². The molecule has 2 nitrogen and oxygen atoms in total. The average molecular weight is 197 g/mol. The molecule has 0 aromatic heterocycles. The molecule has 0 bridgehead atoms. The predicted molar refractivity (Wildman–Crippen MR) is 48.0 cm³/mol. The van der Waals surface area contributed by atoms with Crippen molar-refractivity contribution >= 4 is 11.6 Å². The van der Waals surface area contributed by atoms with E-state index in [-0.39, 0.29) is 11.6 Å². The van der Waals surface area contributed by atoms with Gasteiger partial charge in [-0.3, -0.25) is 4.79 Å². The maximum Gasteiger partial charge on any atom is 0.234 e. The van der Waals surface area contributed by atoms with Crippen molar-refractivity contribution in [1.29, 1.82) is 0 Å². The van der Waals surface area contributed by atoms with E-state index in [1.807, 2.05) is 0 Å². The van der Waals surface area contributed by atoms with Gasteiger partial charge in [-0.15, -0.1) is 0 Å². The molecule has 1 aromatic rings. The number of amides is 1. The van der Waals surface area contributed by atoms with Gasteiger partial charge in [-0.05, 0) is 25.5 Å². The van der Waals surface area contributed by atoms with Gasteiger partial charge in [0.15, 0.2) is 0 Å². The molecule has 0 aliphatic carbocycles. The standard InChI is InChI=1S/C10H9F2NO/c1-10(2)6-3-5(11)4-7(12)8(6)13-9(10)14/h3-4H,1-2H3,(H,13,14). The van der Waals surface area contributed by atoms with Crippen LogP contribution in [0.5, 0.6) is 0 Å². The molecule has 0 saturated carbocycles. The highest BCUT2D eigenvalue weighted by Crippen LogP contribution is 2.39. The summed E-state index contributed by atoms with van der Waals surface area (Å²) in [5.74, 6) is -1.69. The molecule has 2 rings (SSSR count). The van der Waals surface area contributed by atoms with Crippen molar-refractivity contribution in [2.75, 3.05) is 5.32 Å². The molecule has 1 heterocycles. The average Bonchev–Trinajstić information content (AvgIpc) is 2.28. The zero-order chi connectivity index (χ0) is 10.5. The van der Waals surface area contributed by atoms with E-state index in [4.69, 9.17) is 0 Å². The van der Waals surface area contributed by atoms with E-state index in [1.54, 1.807) is 13.8 Å². The van der Waals surface area contributed by atoms with Crippen LogP contribution in [0.1, 0.15) is 19.4 Å². The van der Waals surface area contributed by atoms with Crippen molar-refractivity contribution in [3.63, 3.8) is 0 Å². The van der Waals surface area contributed by atoms with Crippen LogP contribution < -0.4 is 5.32 Å². The molecule has 1 N–H and O–H groups in total. The topological polar surface area (TPSA) is 29.1 Å². The van der Waals surface area contributed by atoms with Crippen LogP contribution in [0.2, 0.25) is 0 Å². The molecule has 1 aliphatic heterocycles. The maximum atomic E-state index is 13.2. The third kappa shape index (κ3) is 1.03. The van der Waals surface area contributed by atoms with Gasteiger partial charge in [-0.25, -0.2) is 8.78 Å². The number of fused-ring (bicyclic) bond motifs is 1. The number of halogens is 2. The molecule has 14 heavy (non-hydrogen) atoms. The van der Waals surface area contributed by atoms with Gasteiger partial charge in [0.2, 0.25) is 5.91 Å². The van der Waals surface area contributed by atoms with Crippen molar-refractivity contribution in [3.8, 4) is 0 Å². The Morgan fingerprint density at radius 3 is 2.57 bits per heavy atom. The maximum absolute atomic E-state index is 13.2. The molecule has 0 radical (unpaired) electrons. The molecule has 74 valence electrons. The van der Waals surface area contributed by atoms with Gasteiger partial charge in [0.1, 0.15) is 11.6 Å². The van der Waals surface area contributed by atoms with Gasteiger partial charge < -0.3 is 5.32 Å². The van der Waals surface area contributed by atoms with Crippen LogP contribution >= 0.6 is 0 Å². The number of nitrogens with one attached hydrogen (secondary N) is 1. The highest BCUT2D eigenvalue weighted by Gasteiger charge is 2.40. The molecule has 4 heteroatoms. The number of rotatable bonds is 0. The minimum Gasteiger partial charge on any atom is -0.323 e. The Kier molecular flexibility index (Phi) is 1.65. The summed E-state index contributed by atoms with van der Waals surface area (Å²) in [6.07, 6.45) is 0. The highest BCUT2D eigenvalue weighted by molar-refractivity contribution is 6.05. The number of carbonyl (C=O) groups excluding carboxylic acids is 1. The van der Waals surface area contributed by atoms with Crippen molar-refractivity contribution in [3.05, 3.63) is 29.3 Å². The fourth-order valence-corrected chi connectivity index (χ4v) is 1.59. The highest BCUT2D eigenvalue weighted by atomic mass is 19.1. The van der Waals surface area contributed by atoms with Gasteiger partial charge >= 0.3 is 0 Å². The molecule has 0 saturated heterocycles. The van der Waals surface area contributed by atoms with E-state index in [0.717, 1.165) is 6.07 Å². The van der Waals surface area contributed by atoms with Gasteiger partial charge in [0.05, 0.1) is 11.1 Å². The Hall–Kier alpha value is -1.45. The second kappa shape index (κ2) is 2.53. The summed E-state index contributed by atoms with van der Waals surface area (Å²) in [6.45, 7) is 3.26. The van der Waals surface area contributed by atoms with Gasteiger partial charge in [-0.1, -0.05) is 0 Å². The molecular weight excluding hydrogens is 188 g/mol. The van der Waals surface area contributed by atoms with E-state index in [9.17, 15) is 13.6 Å². The van der Waals surface area contributed by atoms with Gasteiger partial charge in [-0.2, -0.15) is 0 Å². The number of benzene rings is 1. The van der Waals surface area contributed by atoms with E-state index in [1.165, 1.54) is 6.07 Å². The normalized spacial score (nSPS) is 17.9. The lowest BCUT2D eigenvalue weighted by atomic mass is 9.86. The SMILES string of the molecule is CC1(C)C(=O)Nc2c(F)cc(F)cc21. The first-order valence-corrected chi connectivity index (χ1v) is 4.24. The Bertz CT molecular complexity index is 426. The summed E-state index contributed by atoms with van der Waals surface area (Å²) >= 11 is 0. The second-order valence-electron chi connectivity index (χ2n) is 3.89. The van der Waals surface area contributed by atoms with Crippen molar-refractivity contribution in [2.45, 2.75) is 19.3 Å². The van der Waals surface area contributed by atoms with Crippen LogP contribution in [0.4, 0.5) is 14.5 Å². The quantitative estimate of drug-likeness (QED) is 0.678. The van der Waals surface area contributed by atoms with Crippen molar-refractivity contribution < 1.29 is 13.6 Å². The summed E-state index contributed by atoms with van der Waals surface area (Å²) in [7, 11) is 0. The summed E-state index contributed by atoms with van der Waals surface area (Å²) in [6, 6.07) is 1.96. The zero-order valence-corrected chi connectivity index (χ0v) is 7.82. The minimum absolute atomic E-state index is 0.0985. The van der Waals surface area contributed by atoms with E-state index in [2.05, 4.69) is 5.32 Å². The summed E-state index contributed by atoms with van der Waals surface area (Å²) in [5, 5.41) is 2.40. The first-order valence-electron chi connectivity index (χ1n) is 4.24. The first-order chi connectivity index (χ1) is 6.43.